The lowest BCUT2D eigenvalue weighted by Gasteiger charge is -2.40. The van der Waals surface area contributed by atoms with Crippen molar-refractivity contribution < 1.29 is 40.2 Å². The number of amides is 2. The van der Waals surface area contributed by atoms with E-state index in [4.69, 9.17) is 0 Å². The van der Waals surface area contributed by atoms with Gasteiger partial charge < -0.3 is 19.3 Å². The van der Waals surface area contributed by atoms with Gasteiger partial charge in [0.25, 0.3) is 0 Å². The van der Waals surface area contributed by atoms with Crippen molar-refractivity contribution >= 4 is 22.1 Å². The van der Waals surface area contributed by atoms with E-state index in [0.29, 0.717) is 11.3 Å². The van der Waals surface area contributed by atoms with Crippen LogP contribution in [-0.2, 0) is 21.1 Å². The third kappa shape index (κ3) is 9.51. The first-order valence-electron chi connectivity index (χ1n) is 17.7. The molecule has 0 spiro atoms. The number of alkyl halides is 3. The number of carbonyl (C=O) groups excluding carboxylic acids is 2. The molecule has 300 valence electrons. The third-order valence-electron chi connectivity index (χ3n) is 9.82. The van der Waals surface area contributed by atoms with Crippen molar-refractivity contribution in [2.75, 3.05) is 34.2 Å². The van der Waals surface area contributed by atoms with Crippen LogP contribution in [0.4, 0.5) is 18.0 Å². The second-order valence-corrected chi connectivity index (χ2v) is 15.6. The number of nitrogens with zero attached hydrogens (tertiary/aromatic N) is 7. The summed E-state index contributed by atoms with van der Waals surface area (Å²) in [7, 11) is 1.72. The first kappa shape index (κ1) is 42.1. The Bertz CT molecular complexity index is 2460. The zero-order valence-corrected chi connectivity index (χ0v) is 32.6. The van der Waals surface area contributed by atoms with E-state index in [-0.39, 0.29) is 39.6 Å². The Morgan fingerprint density at radius 2 is 1.63 bits per heavy atom. The van der Waals surface area contributed by atoms with Crippen molar-refractivity contribution in [1.82, 2.24) is 29.1 Å². The second kappa shape index (κ2) is 16.6. The predicted octanol–water partition coefficient (Wildman–Crippen LogP) is 4.92. The Hall–Kier alpha value is -6.03. The Labute approximate surface area is 327 Å². The van der Waals surface area contributed by atoms with Crippen molar-refractivity contribution in [3.05, 3.63) is 118 Å². The topological polar surface area (TPSA) is 175 Å². The molecule has 1 atom stereocenters. The minimum atomic E-state index is -4.67. The molecule has 1 saturated heterocycles. The van der Waals surface area contributed by atoms with Gasteiger partial charge in [0.05, 0.1) is 78.2 Å². The molecule has 1 unspecified atom stereocenters. The van der Waals surface area contributed by atoms with Gasteiger partial charge in [-0.3, -0.25) is 9.36 Å². The summed E-state index contributed by atoms with van der Waals surface area (Å²) in [5, 5.41) is 16.2. The molecular formula is C39H41F3N8O6S. The number of quaternary nitrogens is 1. The number of nitriles is 1. The number of benzene rings is 3. The van der Waals surface area contributed by atoms with E-state index in [9.17, 15) is 45.8 Å². The zero-order valence-electron chi connectivity index (χ0n) is 31.8. The Kier molecular flexibility index (Phi) is 12.3. The van der Waals surface area contributed by atoms with Crippen LogP contribution >= 0.6 is 0 Å². The standard InChI is InChI=1S/C33H35F3N8O3.C6H6O3S/c1-21(30(45)40(3)25-14-17-44(4,5)18-15-25)39-31(46)42-29(28-13-16-38-43(28)26-11-9-23(20-37)10-12-26)22(2)41(32(42)47)27-8-6-7-24(19-27)33(34,35)36;7-10(8,9)6-4-2-1-3-5-6/h6-13,16,19,21,25H,14-15,17-18H2,1-5H3;1-5H,(H,7,8,9). The number of likely N-dealkylation sites (tertiary alicyclic amines) is 1. The summed E-state index contributed by atoms with van der Waals surface area (Å²) in [6.45, 7) is 4.85. The molecule has 0 saturated carbocycles. The maximum absolute atomic E-state index is 14.1. The van der Waals surface area contributed by atoms with Crippen LogP contribution in [0.25, 0.3) is 22.8 Å². The molecular weight excluding hydrogens is 766 g/mol. The summed E-state index contributed by atoms with van der Waals surface area (Å²) in [6.07, 6.45) is -1.61. The Morgan fingerprint density at radius 3 is 2.19 bits per heavy atom. The van der Waals surface area contributed by atoms with E-state index in [0.717, 1.165) is 51.7 Å². The van der Waals surface area contributed by atoms with Gasteiger partial charge in [0.15, 0.2) is 0 Å². The van der Waals surface area contributed by atoms with Crippen molar-refractivity contribution in [3.63, 3.8) is 0 Å². The molecule has 1 N–H and O–H groups in total. The minimum Gasteiger partial charge on any atom is -0.744 e. The number of nitrogens with one attached hydrogen (secondary N) is 1. The van der Waals surface area contributed by atoms with Crippen LogP contribution in [-0.4, -0.2) is 99.5 Å². The normalized spacial score (nSPS) is 14.8. The zero-order chi connectivity index (χ0) is 41.9. The summed E-state index contributed by atoms with van der Waals surface area (Å²) >= 11 is 0. The molecule has 5 aromatic rings. The van der Waals surface area contributed by atoms with Crippen LogP contribution in [0.5, 0.6) is 0 Å². The van der Waals surface area contributed by atoms with E-state index in [1.54, 1.807) is 48.3 Å². The number of rotatable bonds is 7. The molecule has 6 rings (SSSR count). The van der Waals surface area contributed by atoms with Crippen molar-refractivity contribution in [1.29, 1.82) is 5.26 Å². The highest BCUT2D eigenvalue weighted by Crippen LogP contribution is 2.32. The largest absolute Gasteiger partial charge is 0.744 e. The number of carbonyl (C=O) groups is 2. The van der Waals surface area contributed by atoms with E-state index < -0.39 is 39.6 Å². The average Bonchev–Trinajstić information content (AvgIpc) is 3.75. The van der Waals surface area contributed by atoms with Crippen LogP contribution in [0.2, 0.25) is 0 Å². The van der Waals surface area contributed by atoms with Crippen molar-refractivity contribution in [3.8, 4) is 28.8 Å². The molecule has 1 aliphatic heterocycles. The molecule has 1 aliphatic rings. The lowest BCUT2D eigenvalue weighted by Crippen LogP contribution is -2.55. The van der Waals surface area contributed by atoms with Crippen LogP contribution in [0.1, 0.15) is 36.6 Å². The van der Waals surface area contributed by atoms with Gasteiger partial charge in [-0.1, -0.05) is 24.3 Å². The quantitative estimate of drug-likeness (QED) is 0.178. The molecule has 0 aliphatic carbocycles. The number of hydrogen-bond acceptors (Lipinski definition) is 8. The summed E-state index contributed by atoms with van der Waals surface area (Å²) in [5.74, 6) is -0.332. The van der Waals surface area contributed by atoms with Crippen LogP contribution in [0, 0.1) is 18.3 Å². The number of imidazole rings is 1. The number of piperidine rings is 1. The molecule has 0 radical (unpaired) electrons. The third-order valence-corrected chi connectivity index (χ3v) is 10.7. The van der Waals surface area contributed by atoms with Gasteiger partial charge in [0.1, 0.15) is 21.9 Å². The van der Waals surface area contributed by atoms with E-state index in [1.165, 1.54) is 61.1 Å². The van der Waals surface area contributed by atoms with Crippen molar-refractivity contribution in [2.24, 2.45) is 0 Å². The molecule has 0 bridgehead atoms. The highest BCUT2D eigenvalue weighted by Gasteiger charge is 2.35. The summed E-state index contributed by atoms with van der Waals surface area (Å²) in [4.78, 5) is 42.9. The van der Waals surface area contributed by atoms with Crippen LogP contribution < -0.4 is 11.0 Å². The summed E-state index contributed by atoms with van der Waals surface area (Å²) in [5.41, 5.74) is -0.561. The van der Waals surface area contributed by atoms with Gasteiger partial charge in [-0.25, -0.2) is 27.3 Å². The van der Waals surface area contributed by atoms with Gasteiger partial charge in [-0.05, 0) is 74.5 Å². The van der Waals surface area contributed by atoms with Gasteiger partial charge in [0, 0.05) is 25.9 Å². The molecule has 3 aromatic carbocycles. The van der Waals surface area contributed by atoms with Crippen molar-refractivity contribution in [2.45, 2.75) is 49.8 Å². The smallest absolute Gasteiger partial charge is 0.416 e. The van der Waals surface area contributed by atoms with Crippen LogP contribution in [0.15, 0.2) is 101 Å². The minimum absolute atomic E-state index is 0.00250. The highest BCUT2D eigenvalue weighted by atomic mass is 32.2. The first-order valence-corrected chi connectivity index (χ1v) is 19.1. The van der Waals surface area contributed by atoms with Gasteiger partial charge >= 0.3 is 17.9 Å². The molecule has 2 amide bonds. The molecule has 14 nitrogen and oxygen atoms in total. The molecule has 18 heteroatoms. The molecule has 2 aromatic heterocycles. The summed E-state index contributed by atoms with van der Waals surface area (Å²) in [6, 6.07) is 19.5. The average molecular weight is 807 g/mol. The maximum Gasteiger partial charge on any atom is 0.416 e. The maximum atomic E-state index is 14.1. The lowest BCUT2D eigenvalue weighted by molar-refractivity contribution is -0.895. The Morgan fingerprint density at radius 1 is 1.00 bits per heavy atom. The SMILES string of the molecule is Cc1c(-c2ccnn2-c2ccc(C#N)cc2)n(C(=O)NC(C)C(=O)N(C)C2CC[N+](C)(C)CC2)c(=O)n1-c1cccc(C(F)(F)F)c1.O=S(=O)([O-])c1ccccc1. The van der Waals surface area contributed by atoms with Gasteiger partial charge in [-0.15, -0.1) is 0 Å². The number of hydrogen-bond donors (Lipinski definition) is 1. The van der Waals surface area contributed by atoms with Gasteiger partial charge in [-0.2, -0.15) is 23.5 Å². The fourth-order valence-electron chi connectivity index (χ4n) is 6.61. The van der Waals surface area contributed by atoms with Gasteiger partial charge in [0.2, 0.25) is 5.91 Å². The van der Waals surface area contributed by atoms with Crippen LogP contribution in [0.3, 0.4) is 0 Å². The number of likely N-dealkylation sites (N-methyl/N-ethyl adjacent to an activating group) is 1. The number of aromatic nitrogens is 4. The molecule has 3 heterocycles. The highest BCUT2D eigenvalue weighted by molar-refractivity contribution is 7.85. The number of halogens is 3. The summed E-state index contributed by atoms with van der Waals surface area (Å²) < 4.78 is 75.9. The first-order chi connectivity index (χ1) is 26.7. The van der Waals surface area contributed by atoms with E-state index in [1.807, 2.05) is 6.07 Å². The van der Waals surface area contributed by atoms with E-state index >= 15 is 0 Å². The Balaban J connectivity index is 0.000000540. The lowest BCUT2D eigenvalue weighted by atomic mass is 10.0. The molecule has 57 heavy (non-hydrogen) atoms. The molecule has 1 fully saturated rings. The van der Waals surface area contributed by atoms with E-state index in [2.05, 4.69) is 24.5 Å². The predicted molar refractivity (Wildman–Crippen MR) is 202 cm³/mol. The fraction of sp³-hybridized carbons (Fsp3) is 0.308. The fourth-order valence-corrected chi connectivity index (χ4v) is 7.10. The monoisotopic (exact) mass is 806 g/mol. The second-order valence-electron chi connectivity index (χ2n) is 14.2.